The molecule has 1 aromatic rings. The van der Waals surface area contributed by atoms with Crippen LogP contribution in [0.1, 0.15) is 52.0 Å². The topological polar surface area (TPSA) is 41.6 Å². The summed E-state index contributed by atoms with van der Waals surface area (Å²) in [7, 11) is 0. The Kier molecular flexibility index (Phi) is 4.93. The minimum absolute atomic E-state index is 0.175. The summed E-state index contributed by atoms with van der Waals surface area (Å²) < 4.78 is 5.48. The molecule has 1 aromatic carbocycles. The molecule has 1 saturated heterocycles. The van der Waals surface area contributed by atoms with Crippen LogP contribution in [0.4, 0.5) is 10.5 Å². The van der Waals surface area contributed by atoms with Crippen LogP contribution in [0.3, 0.4) is 0 Å². The number of hydrogen-bond acceptors (Lipinski definition) is 3. The zero-order chi connectivity index (χ0) is 18.2. The second-order valence-electron chi connectivity index (χ2n) is 8.63. The van der Waals surface area contributed by atoms with Gasteiger partial charge in [0, 0.05) is 29.8 Å². The van der Waals surface area contributed by atoms with Gasteiger partial charge in [-0.15, -0.1) is 0 Å². The fraction of sp³-hybridized carbons (Fsp3) is 0.650. The average Bonchev–Trinajstić information content (AvgIpc) is 2.49. The number of likely N-dealkylation sites (tertiary alicyclic amines) is 1. The molecule has 3 rings (SSSR count). The van der Waals surface area contributed by atoms with E-state index in [1.165, 1.54) is 12.8 Å². The Hall–Kier alpha value is -1.42. The van der Waals surface area contributed by atoms with E-state index in [4.69, 9.17) is 16.3 Å². The van der Waals surface area contributed by atoms with Crippen LogP contribution in [-0.4, -0.2) is 35.7 Å². The van der Waals surface area contributed by atoms with Gasteiger partial charge in [-0.25, -0.2) is 4.79 Å². The number of carbonyl (C=O) groups is 1. The molecule has 1 amide bonds. The molecule has 0 unspecified atom stereocenters. The highest BCUT2D eigenvalue weighted by molar-refractivity contribution is 6.31. The molecule has 2 aliphatic rings. The molecule has 1 aliphatic carbocycles. The van der Waals surface area contributed by atoms with Crippen molar-refractivity contribution in [3.8, 4) is 0 Å². The summed E-state index contributed by atoms with van der Waals surface area (Å²) in [5, 5.41) is 4.44. The summed E-state index contributed by atoms with van der Waals surface area (Å²) in [4.78, 5) is 14.0. The smallest absolute Gasteiger partial charge is 0.410 e. The van der Waals surface area contributed by atoms with Crippen LogP contribution in [0.25, 0.3) is 0 Å². The maximum atomic E-state index is 12.2. The van der Waals surface area contributed by atoms with Crippen molar-refractivity contribution in [3.63, 3.8) is 0 Å². The van der Waals surface area contributed by atoms with E-state index >= 15 is 0 Å². The van der Waals surface area contributed by atoms with Gasteiger partial charge in [0.2, 0.25) is 0 Å². The Morgan fingerprint density at radius 3 is 2.52 bits per heavy atom. The second-order valence-corrected chi connectivity index (χ2v) is 9.04. The standard InChI is InChI=1S/C20H29ClN2O2/c1-14-16(21)6-5-7-17(14)22-15-12-20(13-15)8-10-23(11-9-20)18(24)25-19(2,3)4/h5-7,15,22H,8-13H2,1-4H3. The molecule has 1 N–H and O–H groups in total. The van der Waals surface area contributed by atoms with Gasteiger partial charge in [-0.1, -0.05) is 17.7 Å². The number of carbonyl (C=O) groups excluding carboxylic acids is 1. The lowest BCUT2D eigenvalue weighted by atomic mass is 9.60. The van der Waals surface area contributed by atoms with Crippen LogP contribution in [0, 0.1) is 12.3 Å². The molecule has 1 heterocycles. The van der Waals surface area contributed by atoms with Gasteiger partial charge in [0.15, 0.2) is 0 Å². The molecule has 1 spiro atoms. The minimum Gasteiger partial charge on any atom is -0.444 e. The zero-order valence-corrected chi connectivity index (χ0v) is 16.4. The maximum absolute atomic E-state index is 12.2. The summed E-state index contributed by atoms with van der Waals surface area (Å²) in [5.74, 6) is 0. The number of piperidine rings is 1. The van der Waals surface area contributed by atoms with Crippen molar-refractivity contribution in [2.45, 2.75) is 65.0 Å². The first-order chi connectivity index (χ1) is 11.7. The normalized spacial score (nSPS) is 20.3. The first kappa shape index (κ1) is 18.4. The van der Waals surface area contributed by atoms with Gasteiger partial charge in [0.25, 0.3) is 0 Å². The third-order valence-electron chi connectivity index (χ3n) is 5.46. The highest BCUT2D eigenvalue weighted by atomic mass is 35.5. The number of ether oxygens (including phenoxy) is 1. The van der Waals surface area contributed by atoms with Crippen LogP contribution < -0.4 is 5.32 Å². The zero-order valence-electron chi connectivity index (χ0n) is 15.7. The predicted octanol–water partition coefficient (Wildman–Crippen LogP) is 5.24. The average molecular weight is 365 g/mol. The van der Waals surface area contributed by atoms with Crippen LogP contribution in [0.15, 0.2) is 18.2 Å². The van der Waals surface area contributed by atoms with E-state index in [-0.39, 0.29) is 6.09 Å². The predicted molar refractivity (Wildman–Crippen MR) is 102 cm³/mol. The maximum Gasteiger partial charge on any atom is 0.410 e. The summed E-state index contributed by atoms with van der Waals surface area (Å²) in [6.07, 6.45) is 4.30. The Balaban J connectivity index is 1.48. The molecular weight excluding hydrogens is 336 g/mol. The van der Waals surface area contributed by atoms with Gasteiger partial charge in [-0.3, -0.25) is 0 Å². The monoisotopic (exact) mass is 364 g/mol. The SMILES string of the molecule is Cc1c(Cl)cccc1NC1CC2(CCN(C(=O)OC(C)(C)C)CC2)C1. The highest BCUT2D eigenvalue weighted by Gasteiger charge is 2.46. The van der Waals surface area contributed by atoms with Crippen LogP contribution in [0.2, 0.25) is 5.02 Å². The summed E-state index contributed by atoms with van der Waals surface area (Å²) in [6, 6.07) is 6.52. The minimum atomic E-state index is -0.424. The van der Waals surface area contributed by atoms with Crippen molar-refractivity contribution in [2.24, 2.45) is 5.41 Å². The second kappa shape index (κ2) is 6.71. The van der Waals surface area contributed by atoms with E-state index in [1.54, 1.807) is 0 Å². The number of rotatable bonds is 2. The van der Waals surface area contributed by atoms with E-state index in [0.29, 0.717) is 11.5 Å². The first-order valence-electron chi connectivity index (χ1n) is 9.17. The van der Waals surface area contributed by atoms with Crippen molar-refractivity contribution >= 4 is 23.4 Å². The molecule has 4 nitrogen and oxygen atoms in total. The number of nitrogens with one attached hydrogen (secondary N) is 1. The molecule has 0 bridgehead atoms. The molecule has 0 radical (unpaired) electrons. The number of benzene rings is 1. The lowest BCUT2D eigenvalue weighted by Crippen LogP contribution is -2.53. The lowest BCUT2D eigenvalue weighted by molar-refractivity contribution is -0.00860. The largest absolute Gasteiger partial charge is 0.444 e. The van der Waals surface area contributed by atoms with Crippen molar-refractivity contribution in [1.82, 2.24) is 4.90 Å². The number of anilines is 1. The van der Waals surface area contributed by atoms with Crippen molar-refractivity contribution < 1.29 is 9.53 Å². The van der Waals surface area contributed by atoms with Crippen LogP contribution in [0.5, 0.6) is 0 Å². The number of amides is 1. The molecule has 1 saturated carbocycles. The van der Waals surface area contributed by atoms with Crippen molar-refractivity contribution in [2.75, 3.05) is 18.4 Å². The Morgan fingerprint density at radius 1 is 1.28 bits per heavy atom. The summed E-state index contributed by atoms with van der Waals surface area (Å²) in [5.41, 5.74) is 2.22. The third-order valence-corrected chi connectivity index (χ3v) is 5.87. The molecule has 1 aliphatic heterocycles. The number of hydrogen-bond donors (Lipinski definition) is 1. The molecule has 25 heavy (non-hydrogen) atoms. The van der Waals surface area contributed by atoms with Crippen molar-refractivity contribution in [1.29, 1.82) is 0 Å². The van der Waals surface area contributed by atoms with Gasteiger partial charge in [-0.2, -0.15) is 0 Å². The molecule has 2 fully saturated rings. The van der Waals surface area contributed by atoms with Gasteiger partial charge in [0.1, 0.15) is 5.60 Å². The highest BCUT2D eigenvalue weighted by Crippen LogP contribution is 2.50. The van der Waals surface area contributed by atoms with E-state index in [9.17, 15) is 4.79 Å². The van der Waals surface area contributed by atoms with Gasteiger partial charge >= 0.3 is 6.09 Å². The Bertz CT molecular complexity index is 638. The molecule has 0 atom stereocenters. The Morgan fingerprint density at radius 2 is 1.92 bits per heavy atom. The van der Waals surface area contributed by atoms with E-state index in [2.05, 4.69) is 18.3 Å². The van der Waals surface area contributed by atoms with Gasteiger partial charge in [-0.05, 0) is 76.5 Å². The Labute approximate surface area is 155 Å². The quantitative estimate of drug-likeness (QED) is 0.780. The lowest BCUT2D eigenvalue weighted by Gasteiger charge is -2.52. The fourth-order valence-corrected chi connectivity index (χ4v) is 4.14. The number of halogens is 1. The van der Waals surface area contributed by atoms with E-state index < -0.39 is 5.60 Å². The number of nitrogens with zero attached hydrogens (tertiary/aromatic N) is 1. The molecule has 0 aromatic heterocycles. The van der Waals surface area contributed by atoms with Gasteiger partial charge in [0.05, 0.1) is 0 Å². The van der Waals surface area contributed by atoms with E-state index in [0.717, 1.165) is 42.2 Å². The fourth-order valence-electron chi connectivity index (χ4n) is 3.97. The van der Waals surface area contributed by atoms with E-state index in [1.807, 2.05) is 37.8 Å². The van der Waals surface area contributed by atoms with Crippen molar-refractivity contribution in [3.05, 3.63) is 28.8 Å². The molecular formula is C20H29ClN2O2. The molecule has 138 valence electrons. The molecule has 5 heteroatoms. The third kappa shape index (κ3) is 4.22. The van der Waals surface area contributed by atoms with Gasteiger partial charge < -0.3 is 15.0 Å². The van der Waals surface area contributed by atoms with Crippen LogP contribution in [-0.2, 0) is 4.74 Å². The first-order valence-corrected chi connectivity index (χ1v) is 9.55. The summed E-state index contributed by atoms with van der Waals surface area (Å²) >= 11 is 6.20. The summed E-state index contributed by atoms with van der Waals surface area (Å²) in [6.45, 7) is 9.40. The van der Waals surface area contributed by atoms with Crippen LogP contribution >= 0.6 is 11.6 Å².